The Bertz CT molecular complexity index is 912. The second-order valence-electron chi connectivity index (χ2n) is 10.1. The van der Waals surface area contributed by atoms with Gasteiger partial charge in [-0.15, -0.1) is 0 Å². The topological polar surface area (TPSA) is 73.5 Å². The number of rotatable bonds is 10. The summed E-state index contributed by atoms with van der Waals surface area (Å²) in [6.45, 7) is 11.5. The Hall–Kier alpha value is -2.70. The van der Waals surface area contributed by atoms with Gasteiger partial charge in [-0.25, -0.2) is 0 Å². The maximum absolute atomic E-state index is 12.8. The maximum atomic E-state index is 12.8. The highest BCUT2D eigenvalue weighted by molar-refractivity contribution is 6.07. The summed E-state index contributed by atoms with van der Waals surface area (Å²) < 4.78 is 0. The second-order valence-corrected chi connectivity index (χ2v) is 10.1. The Labute approximate surface area is 198 Å². The molecule has 3 rings (SSSR count). The second kappa shape index (κ2) is 12.0. The fourth-order valence-corrected chi connectivity index (χ4v) is 4.01. The molecule has 2 aromatic carbocycles. The van der Waals surface area contributed by atoms with E-state index in [-0.39, 0.29) is 17.2 Å². The van der Waals surface area contributed by atoms with E-state index in [9.17, 15) is 9.59 Å². The number of para-hydroxylation sites is 2. The molecule has 2 aromatic rings. The molecule has 0 saturated carbocycles. The number of anilines is 2. The van der Waals surface area contributed by atoms with Gasteiger partial charge >= 0.3 is 0 Å². The summed E-state index contributed by atoms with van der Waals surface area (Å²) in [7, 11) is 0. The quantitative estimate of drug-likeness (QED) is 0.451. The Morgan fingerprint density at radius 1 is 0.909 bits per heavy atom. The number of nitrogens with zero attached hydrogens (tertiary/aromatic N) is 1. The largest absolute Gasteiger partial charge is 0.324 e. The van der Waals surface area contributed by atoms with E-state index in [1.54, 1.807) is 12.1 Å². The van der Waals surface area contributed by atoms with Gasteiger partial charge in [0.15, 0.2) is 0 Å². The normalized spacial score (nSPS) is 14.3. The lowest BCUT2D eigenvalue weighted by Crippen LogP contribution is -2.24. The zero-order chi connectivity index (χ0) is 23.7. The van der Waals surface area contributed by atoms with Crippen molar-refractivity contribution >= 4 is 23.2 Å². The predicted molar refractivity (Wildman–Crippen MR) is 136 cm³/mol. The highest BCUT2D eigenvalue weighted by atomic mass is 16.2. The third-order valence-corrected chi connectivity index (χ3v) is 5.71. The van der Waals surface area contributed by atoms with E-state index < -0.39 is 0 Å². The molecule has 1 heterocycles. The number of carbonyl (C=O) groups excluding carboxylic acids is 2. The first-order valence-electron chi connectivity index (χ1n) is 12.0. The number of hydrogen-bond acceptors (Lipinski definition) is 4. The lowest BCUT2D eigenvalue weighted by molar-refractivity contribution is -0.117. The van der Waals surface area contributed by atoms with Crippen molar-refractivity contribution < 1.29 is 9.59 Å². The Balaban J connectivity index is 1.47. The van der Waals surface area contributed by atoms with Crippen molar-refractivity contribution in [2.24, 2.45) is 5.41 Å². The summed E-state index contributed by atoms with van der Waals surface area (Å²) >= 11 is 0. The molecule has 1 aliphatic rings. The van der Waals surface area contributed by atoms with Crippen molar-refractivity contribution in [3.63, 3.8) is 0 Å². The van der Waals surface area contributed by atoms with Crippen molar-refractivity contribution in [3.8, 4) is 0 Å². The SMILES string of the molecule is CC(C)(C)CC(=O)Nc1ccccc1NC(=O)c1ccc(CNCCCN2CCCC2)cc1. The van der Waals surface area contributed by atoms with Crippen molar-refractivity contribution in [2.75, 3.05) is 36.8 Å². The zero-order valence-electron chi connectivity index (χ0n) is 20.2. The molecule has 1 fully saturated rings. The van der Waals surface area contributed by atoms with Crippen LogP contribution in [0.25, 0.3) is 0 Å². The van der Waals surface area contributed by atoms with E-state index in [1.165, 1.54) is 32.5 Å². The van der Waals surface area contributed by atoms with Crippen molar-refractivity contribution in [1.82, 2.24) is 10.2 Å². The molecule has 1 saturated heterocycles. The molecule has 0 bridgehead atoms. The van der Waals surface area contributed by atoms with Gasteiger partial charge in [-0.2, -0.15) is 0 Å². The number of nitrogens with one attached hydrogen (secondary N) is 3. The van der Waals surface area contributed by atoms with Gasteiger partial charge in [0, 0.05) is 18.5 Å². The Morgan fingerprint density at radius 3 is 2.18 bits per heavy atom. The summed E-state index contributed by atoms with van der Waals surface area (Å²) in [5.41, 5.74) is 2.83. The minimum Gasteiger partial charge on any atom is -0.324 e. The van der Waals surface area contributed by atoms with E-state index in [0.717, 1.165) is 25.1 Å². The minimum absolute atomic E-state index is 0.0681. The molecule has 6 heteroatoms. The van der Waals surface area contributed by atoms with Gasteiger partial charge in [0.05, 0.1) is 11.4 Å². The molecule has 0 aliphatic carbocycles. The zero-order valence-corrected chi connectivity index (χ0v) is 20.2. The number of hydrogen-bond donors (Lipinski definition) is 3. The monoisotopic (exact) mass is 450 g/mol. The van der Waals surface area contributed by atoms with E-state index in [4.69, 9.17) is 0 Å². The average molecular weight is 451 g/mol. The van der Waals surface area contributed by atoms with Crippen LogP contribution in [0.3, 0.4) is 0 Å². The molecule has 1 aliphatic heterocycles. The summed E-state index contributed by atoms with van der Waals surface area (Å²) in [6.07, 6.45) is 4.24. The van der Waals surface area contributed by atoms with E-state index in [2.05, 4.69) is 20.9 Å². The highest BCUT2D eigenvalue weighted by Gasteiger charge is 2.17. The summed E-state index contributed by atoms with van der Waals surface area (Å²) in [4.78, 5) is 27.6. The lowest BCUT2D eigenvalue weighted by Gasteiger charge is -2.18. The minimum atomic E-state index is -0.197. The van der Waals surface area contributed by atoms with Crippen LogP contribution in [0.1, 0.15) is 62.4 Å². The molecule has 6 nitrogen and oxygen atoms in total. The molecular weight excluding hydrogens is 412 g/mol. The fourth-order valence-electron chi connectivity index (χ4n) is 4.01. The molecule has 0 atom stereocenters. The Morgan fingerprint density at radius 2 is 1.55 bits per heavy atom. The van der Waals surface area contributed by atoms with Crippen molar-refractivity contribution in [3.05, 3.63) is 59.7 Å². The van der Waals surface area contributed by atoms with E-state index >= 15 is 0 Å². The van der Waals surface area contributed by atoms with E-state index in [0.29, 0.717) is 23.4 Å². The molecule has 178 valence electrons. The molecule has 0 radical (unpaired) electrons. The van der Waals surface area contributed by atoms with Crippen LogP contribution in [0.4, 0.5) is 11.4 Å². The molecule has 2 amide bonds. The summed E-state index contributed by atoms with van der Waals surface area (Å²) in [5.74, 6) is -0.265. The summed E-state index contributed by atoms with van der Waals surface area (Å²) in [6, 6.07) is 14.9. The van der Waals surface area contributed by atoms with Crippen LogP contribution in [0.2, 0.25) is 0 Å². The number of likely N-dealkylation sites (tertiary alicyclic amines) is 1. The number of carbonyl (C=O) groups is 2. The third kappa shape index (κ3) is 8.63. The van der Waals surface area contributed by atoms with Crippen LogP contribution < -0.4 is 16.0 Å². The first-order chi connectivity index (χ1) is 15.8. The number of amides is 2. The van der Waals surface area contributed by atoms with E-state index in [1.807, 2.05) is 57.2 Å². The van der Waals surface area contributed by atoms with Crippen LogP contribution in [-0.2, 0) is 11.3 Å². The van der Waals surface area contributed by atoms with Gasteiger partial charge in [-0.1, -0.05) is 45.0 Å². The summed E-state index contributed by atoms with van der Waals surface area (Å²) in [5, 5.41) is 9.33. The maximum Gasteiger partial charge on any atom is 0.255 e. The first kappa shape index (κ1) is 24.9. The molecule has 0 unspecified atom stereocenters. The number of benzene rings is 2. The van der Waals surface area contributed by atoms with Crippen LogP contribution >= 0.6 is 0 Å². The first-order valence-corrected chi connectivity index (χ1v) is 12.0. The van der Waals surface area contributed by atoms with Gasteiger partial charge in [0.1, 0.15) is 0 Å². The standard InChI is InChI=1S/C27H38N4O2/c1-27(2,3)19-25(32)29-23-9-4-5-10-24(23)30-26(33)22-13-11-21(12-14-22)20-28-15-8-18-31-16-6-7-17-31/h4-5,9-14,28H,6-8,15-20H2,1-3H3,(H,29,32)(H,30,33). The van der Waals surface area contributed by atoms with Crippen LogP contribution in [-0.4, -0.2) is 42.9 Å². The van der Waals surface area contributed by atoms with Crippen molar-refractivity contribution in [1.29, 1.82) is 0 Å². The van der Waals surface area contributed by atoms with Crippen LogP contribution in [0.15, 0.2) is 48.5 Å². The fraction of sp³-hybridized carbons (Fsp3) is 0.481. The predicted octanol–water partition coefficient (Wildman–Crippen LogP) is 4.89. The molecule has 0 spiro atoms. The Kier molecular flexibility index (Phi) is 9.03. The van der Waals surface area contributed by atoms with Gasteiger partial charge in [0.2, 0.25) is 5.91 Å². The molecular formula is C27H38N4O2. The van der Waals surface area contributed by atoms with Crippen LogP contribution in [0.5, 0.6) is 0 Å². The average Bonchev–Trinajstić information content (AvgIpc) is 3.27. The highest BCUT2D eigenvalue weighted by Crippen LogP contribution is 2.24. The van der Waals surface area contributed by atoms with Gasteiger partial charge < -0.3 is 20.9 Å². The van der Waals surface area contributed by atoms with Gasteiger partial charge in [0.25, 0.3) is 5.91 Å². The molecule has 0 aromatic heterocycles. The van der Waals surface area contributed by atoms with Gasteiger partial charge in [-0.3, -0.25) is 9.59 Å². The third-order valence-electron chi connectivity index (χ3n) is 5.71. The van der Waals surface area contributed by atoms with Crippen molar-refractivity contribution in [2.45, 2.75) is 53.0 Å². The lowest BCUT2D eigenvalue weighted by atomic mass is 9.92. The molecule has 33 heavy (non-hydrogen) atoms. The molecule has 3 N–H and O–H groups in total. The van der Waals surface area contributed by atoms with Gasteiger partial charge in [-0.05, 0) is 80.7 Å². The smallest absolute Gasteiger partial charge is 0.255 e. The van der Waals surface area contributed by atoms with Crippen LogP contribution in [0, 0.1) is 5.41 Å².